The fourth-order valence-corrected chi connectivity index (χ4v) is 17.9. The quantitative estimate of drug-likeness (QED) is 0.0105. The lowest BCUT2D eigenvalue weighted by molar-refractivity contribution is -0.384. The van der Waals surface area contributed by atoms with Crippen molar-refractivity contribution in [3.8, 4) is 28.7 Å². The minimum absolute atomic E-state index is 0.0454. The average molecular weight is 2170 g/mol. The lowest BCUT2D eigenvalue weighted by Gasteiger charge is -2.15. The van der Waals surface area contributed by atoms with E-state index in [-0.39, 0.29) is 72.6 Å². The molecule has 15 rings (SSSR count). The number of esters is 3. The van der Waals surface area contributed by atoms with Gasteiger partial charge < -0.3 is 54.4 Å². The van der Waals surface area contributed by atoms with E-state index in [1.54, 1.807) is 102 Å². The first-order chi connectivity index (χ1) is 70.2. The molecular weight excluding hydrogens is 2070 g/mol. The van der Waals surface area contributed by atoms with Gasteiger partial charge >= 0.3 is 38.1 Å². The van der Waals surface area contributed by atoms with Crippen LogP contribution in [0.25, 0.3) is 0 Å². The van der Waals surface area contributed by atoms with Gasteiger partial charge in [0.05, 0.1) is 50.8 Å². The van der Waals surface area contributed by atoms with Crippen LogP contribution in [-0.2, 0) is 69.1 Å². The highest BCUT2D eigenvalue weighted by atomic mass is 32.2. The van der Waals surface area contributed by atoms with Crippen LogP contribution in [0.5, 0.6) is 28.7 Å². The van der Waals surface area contributed by atoms with Crippen molar-refractivity contribution in [2.24, 2.45) is 11.3 Å². The van der Waals surface area contributed by atoms with Crippen molar-refractivity contribution in [1.29, 1.82) is 0 Å². The van der Waals surface area contributed by atoms with Gasteiger partial charge in [-0.25, -0.2) is 59.8 Å². The molecule has 0 spiro atoms. The van der Waals surface area contributed by atoms with Crippen LogP contribution in [0, 0.1) is 83.8 Å². The number of ether oxygens (including phenoxy) is 3. The Morgan fingerprint density at radius 1 is 0.372 bits per heavy atom. The highest BCUT2D eigenvalue weighted by molar-refractivity contribution is 7.99. The number of nitrogens with one attached hydrogen (secondary N) is 1. The van der Waals surface area contributed by atoms with Crippen molar-refractivity contribution >= 4 is 126 Å². The Balaban J connectivity index is 0.000000183. The van der Waals surface area contributed by atoms with Crippen LogP contribution >= 0.6 is 70.6 Å². The number of benzene rings is 3. The van der Waals surface area contributed by atoms with Gasteiger partial charge in [-0.05, 0) is 156 Å². The van der Waals surface area contributed by atoms with Gasteiger partial charge in [0.25, 0.3) is 11.6 Å². The van der Waals surface area contributed by atoms with E-state index in [0.717, 1.165) is 107 Å². The third-order valence-electron chi connectivity index (χ3n) is 18.2. The number of carbonyl (C=O) groups is 4. The average Bonchev–Trinajstić information content (AvgIpc) is 0.814. The van der Waals surface area contributed by atoms with Crippen LogP contribution in [-0.4, -0.2) is 105 Å². The zero-order valence-electron chi connectivity index (χ0n) is 81.6. The standard InChI is InChI=1S/C19H17N3O3S.C18H15N3O7S2.C18H16N2O5S2.C16H18N2O4S.C15H16N2O4S.C13H12N2O4S/c1-12-8-13(2)21-19(20-12)26-11-15-9-17(23)16(10-25-15)22-18(24)14-6-4-3-5-7-14;1-11-7-12(2)20-18(19-11)29-10-14-8-16(22)17(9-27-14)28-30(25,26)15-5-3-13(4-6-15)21(23)24;1-12-8-13(2)20-18(19-12)26-11-14-9-16(21)17(10-24-14)25-27(22,23)15-6-4-3-5-7-15;1-10-5-6-17-15(18-10)23-9-11-7-12(19)13(8-21-11)22-14(20)16(2,3)4;1-9(2)14(19)21-13-7-20-11(6-12(13)18)8-22-15-16-5-4-10(3)17-15;1-8-3-4-14-13(15-8)20-7-10-5-11(17)12(6-18-10)19-9(2)16/h3-10H,11H2,1-2H3,(H,22,24);3-9H,10H2,1-2H3;3-10H,11H2,1-2H3;5-8H,9H2,1-4H3;4-7,9H,8H2,1-3H3;3-6H,7H2,1-2H3. The number of carbonyl (C=O) groups excluding carboxylic acids is 4. The third kappa shape index (κ3) is 38.0. The number of nitrogens with zero attached hydrogens (tertiary/aromatic N) is 13. The van der Waals surface area contributed by atoms with E-state index < -0.39 is 81.7 Å². The smallest absolute Gasteiger partial charge is 0.339 e. The maximum absolute atomic E-state index is 12.3. The summed E-state index contributed by atoms with van der Waals surface area (Å²) in [7, 11) is -8.46. The van der Waals surface area contributed by atoms with Crippen LogP contribution in [0.3, 0.4) is 0 Å². The molecule has 3 aromatic carbocycles. The van der Waals surface area contributed by atoms with Gasteiger partial charge in [0.1, 0.15) is 87.6 Å². The molecule has 0 aliphatic heterocycles. The van der Waals surface area contributed by atoms with E-state index in [1.807, 2.05) is 98.7 Å². The molecule has 148 heavy (non-hydrogen) atoms. The molecule has 0 unspecified atom stereocenters. The van der Waals surface area contributed by atoms with E-state index >= 15 is 0 Å². The Hall–Kier alpha value is -15.3. The summed E-state index contributed by atoms with van der Waals surface area (Å²) < 4.78 is 105. The van der Waals surface area contributed by atoms with Crippen LogP contribution in [0.15, 0.2) is 310 Å². The van der Waals surface area contributed by atoms with Crippen LogP contribution in [0.4, 0.5) is 11.4 Å². The predicted octanol–water partition coefficient (Wildman–Crippen LogP) is 17.2. The Labute approximate surface area is 870 Å². The van der Waals surface area contributed by atoms with E-state index in [4.69, 9.17) is 49.1 Å². The van der Waals surface area contributed by atoms with Crippen molar-refractivity contribution in [1.82, 2.24) is 59.8 Å². The molecule has 0 fully saturated rings. The summed E-state index contributed by atoms with van der Waals surface area (Å²) in [6, 6.07) is 38.9. The summed E-state index contributed by atoms with van der Waals surface area (Å²) in [5.41, 5.74) is 4.56. The van der Waals surface area contributed by atoms with Crippen molar-refractivity contribution in [3.63, 3.8) is 0 Å². The lowest BCUT2D eigenvalue weighted by atomic mass is 9.97. The van der Waals surface area contributed by atoms with E-state index in [9.17, 15) is 74.9 Å². The second-order valence-corrected chi connectivity index (χ2v) is 41.0. The number of nitro groups is 1. The van der Waals surface area contributed by atoms with Crippen molar-refractivity contribution in [2.45, 2.75) is 179 Å². The molecule has 15 aromatic rings. The van der Waals surface area contributed by atoms with E-state index in [2.05, 4.69) is 65.1 Å². The molecule has 1 N–H and O–H groups in total. The summed E-state index contributed by atoms with van der Waals surface area (Å²) in [5, 5.41) is 16.8. The largest absolute Gasteiger partial charge is 0.466 e. The Bertz CT molecular complexity index is 7820. The van der Waals surface area contributed by atoms with Crippen LogP contribution in [0.2, 0.25) is 0 Å². The second kappa shape index (κ2) is 54.8. The number of amides is 1. The first-order valence-corrected chi connectivity index (χ1v) is 52.5. The highest BCUT2D eigenvalue weighted by Crippen LogP contribution is 2.30. The zero-order chi connectivity index (χ0) is 108. The number of hydrogen-bond donors (Lipinski definition) is 1. The van der Waals surface area contributed by atoms with E-state index in [1.165, 1.54) is 132 Å². The number of nitro benzene ring substituents is 1. The number of hydrogen-bond acceptors (Lipinski definition) is 45. The van der Waals surface area contributed by atoms with Crippen molar-refractivity contribution in [2.75, 3.05) is 5.32 Å². The monoisotopic (exact) mass is 2170 g/mol. The van der Waals surface area contributed by atoms with Crippen molar-refractivity contribution in [3.05, 3.63) is 377 Å². The molecule has 12 aromatic heterocycles. The van der Waals surface area contributed by atoms with E-state index in [0.29, 0.717) is 94.1 Å². The lowest BCUT2D eigenvalue weighted by Crippen LogP contribution is -2.27. The molecular formula is C99H94N14O27S8. The molecule has 12 heterocycles. The van der Waals surface area contributed by atoms with Crippen molar-refractivity contribution < 1.29 is 90.0 Å². The summed E-state index contributed by atoms with van der Waals surface area (Å²) in [4.78, 5) is 179. The van der Waals surface area contributed by atoms with Gasteiger partial charge in [0.2, 0.25) is 61.3 Å². The Kier molecular flexibility index (Phi) is 42.4. The predicted molar refractivity (Wildman–Crippen MR) is 548 cm³/mol. The van der Waals surface area contributed by atoms with Gasteiger partial charge in [-0.1, -0.05) is 121 Å². The van der Waals surface area contributed by atoms with Crippen LogP contribution in [0.1, 0.15) is 138 Å². The summed E-state index contributed by atoms with van der Waals surface area (Å²) >= 11 is 8.03. The molecule has 41 nitrogen and oxygen atoms in total. The Morgan fingerprint density at radius 3 is 0.966 bits per heavy atom. The second-order valence-electron chi connectivity index (χ2n) is 32.2. The summed E-state index contributed by atoms with van der Waals surface area (Å²) in [6.07, 6.45) is 11.7. The topological polar surface area (TPSA) is 574 Å². The Morgan fingerprint density at radius 2 is 0.662 bits per heavy atom. The molecule has 0 saturated carbocycles. The fraction of sp³-hybridized carbons (Fsp3) is 0.232. The molecule has 0 saturated heterocycles. The van der Waals surface area contributed by atoms with Gasteiger partial charge in [-0.15, -0.1) is 0 Å². The number of rotatable bonds is 31. The number of aromatic nitrogens is 12. The number of anilines is 1. The fourth-order valence-electron chi connectivity index (χ4n) is 11.2. The maximum atomic E-state index is 12.3. The molecule has 770 valence electrons. The first-order valence-electron chi connectivity index (χ1n) is 43.7. The first kappa shape index (κ1) is 115. The summed E-state index contributed by atoms with van der Waals surface area (Å²) in [5.74, 6) is 1.33. The molecule has 49 heteroatoms. The number of thioether (sulfide) groups is 6. The summed E-state index contributed by atoms with van der Waals surface area (Å²) in [6.45, 7) is 26.6. The van der Waals surface area contributed by atoms with Gasteiger partial charge in [-0.3, -0.25) is 58.1 Å². The molecule has 0 aliphatic rings. The van der Waals surface area contributed by atoms with Crippen LogP contribution < -0.4 is 60.5 Å². The molecule has 0 atom stereocenters. The molecule has 1 amide bonds. The van der Waals surface area contributed by atoms with Gasteiger partial charge in [-0.2, -0.15) is 16.8 Å². The molecule has 0 aliphatic carbocycles. The minimum Gasteiger partial charge on any atom is -0.466 e. The third-order valence-corrected chi connectivity index (χ3v) is 26.0. The number of non-ortho nitro benzene ring substituents is 1. The molecule has 0 bridgehead atoms. The molecule has 0 radical (unpaired) electrons. The maximum Gasteiger partial charge on any atom is 0.339 e. The normalized spacial score (nSPS) is 10.9. The van der Waals surface area contributed by atoms with Gasteiger partial charge in [0, 0.05) is 131 Å². The zero-order valence-corrected chi connectivity index (χ0v) is 88.2. The SMILES string of the molecule is CC(=O)Oc1coc(CSc2nccc(C)n2)cc1=O.Cc1cc(C)nc(SCc2cc(=O)c(NC(=O)c3ccccc3)co2)n1.Cc1cc(C)nc(SCc2cc(=O)c(OS(=O)(=O)c3ccc([N+](=O)[O-])cc3)co2)n1.Cc1cc(C)nc(SCc2cc(=O)c(OS(=O)(=O)c3ccccc3)co2)n1.Cc1ccnc(SCc2cc(=O)c(OC(=O)C(C)(C)C)co2)n1.Cc1ccnc(SCc2cc(=O)c(OC(=O)C(C)C)co2)n1. The number of aryl methyl sites for hydroxylation is 9. The van der Waals surface area contributed by atoms with Gasteiger partial charge in [0.15, 0.2) is 30.9 Å². The highest BCUT2D eigenvalue weighted by Gasteiger charge is 2.27. The minimum atomic E-state index is -4.36.